The number of hydrogen-bond acceptors (Lipinski definition) is 2. The van der Waals surface area contributed by atoms with Gasteiger partial charge in [0.15, 0.2) is 0 Å². The number of carbonyl (C=O) groups excluding carboxylic acids is 1. The van der Waals surface area contributed by atoms with Gasteiger partial charge in [-0.1, -0.05) is 45.0 Å². The van der Waals surface area contributed by atoms with Gasteiger partial charge in [-0.25, -0.2) is 4.79 Å². The van der Waals surface area contributed by atoms with Crippen molar-refractivity contribution in [2.24, 2.45) is 0 Å². The van der Waals surface area contributed by atoms with Gasteiger partial charge in [0.1, 0.15) is 5.76 Å². The number of carbonyl (C=O) groups is 1. The van der Waals surface area contributed by atoms with Crippen LogP contribution in [0.25, 0.3) is 0 Å². The van der Waals surface area contributed by atoms with Crippen molar-refractivity contribution in [1.82, 2.24) is 4.90 Å². The van der Waals surface area contributed by atoms with Crippen LogP contribution >= 0.6 is 0 Å². The molecule has 0 spiro atoms. The summed E-state index contributed by atoms with van der Waals surface area (Å²) in [5.41, 5.74) is 0.994. The third kappa shape index (κ3) is 4.70. The van der Waals surface area contributed by atoms with Crippen LogP contribution in [-0.4, -0.2) is 17.5 Å². The van der Waals surface area contributed by atoms with E-state index < -0.39 is 6.09 Å². The Morgan fingerprint density at radius 1 is 1.11 bits per heavy atom. The molecule has 3 nitrogen and oxygen atoms in total. The van der Waals surface area contributed by atoms with Crippen LogP contribution in [0.3, 0.4) is 0 Å². The van der Waals surface area contributed by atoms with Gasteiger partial charge < -0.3 is 4.74 Å². The zero-order valence-corrected chi connectivity index (χ0v) is 10.7. The number of hydrogen-bond donors (Lipinski definition) is 0. The van der Waals surface area contributed by atoms with Crippen molar-refractivity contribution in [3.05, 3.63) is 74.7 Å². The van der Waals surface area contributed by atoms with Crippen LogP contribution in [0, 0.1) is 0 Å². The van der Waals surface area contributed by atoms with E-state index in [2.05, 4.69) is 39.5 Å². The highest BCUT2D eigenvalue weighted by Gasteiger charge is 2.18. The summed E-state index contributed by atoms with van der Waals surface area (Å²) >= 11 is 0. The van der Waals surface area contributed by atoms with Crippen molar-refractivity contribution in [3.63, 3.8) is 0 Å². The van der Waals surface area contributed by atoms with Crippen molar-refractivity contribution >= 4 is 6.09 Å². The average Bonchev–Trinajstić information content (AvgIpc) is 2.37. The molecule has 0 bridgehead atoms. The number of allylic oxidation sites excluding steroid dienone is 2. The zero-order valence-electron chi connectivity index (χ0n) is 10.7. The molecule has 18 heavy (non-hydrogen) atoms. The number of amides is 1. The van der Waals surface area contributed by atoms with Crippen molar-refractivity contribution in [3.8, 4) is 0 Å². The molecule has 0 unspecified atom stereocenters. The molecule has 0 aromatic heterocycles. The first kappa shape index (κ1) is 15.7. The molecule has 96 valence electrons. The summed E-state index contributed by atoms with van der Waals surface area (Å²) in [6.45, 7) is 22.1. The van der Waals surface area contributed by atoms with Crippen LogP contribution in [0.15, 0.2) is 74.7 Å². The molecule has 0 heterocycles. The van der Waals surface area contributed by atoms with Crippen LogP contribution in [-0.2, 0) is 4.74 Å². The van der Waals surface area contributed by atoms with Crippen molar-refractivity contribution in [2.45, 2.75) is 6.42 Å². The smallest absolute Gasteiger partial charge is 0.411 e. The molecule has 0 saturated carbocycles. The maximum absolute atomic E-state index is 11.9. The maximum Gasteiger partial charge on any atom is 0.419 e. The summed E-state index contributed by atoms with van der Waals surface area (Å²) in [5, 5.41) is 0. The van der Waals surface area contributed by atoms with E-state index in [9.17, 15) is 4.79 Å². The van der Waals surface area contributed by atoms with Gasteiger partial charge in [-0.3, -0.25) is 4.90 Å². The fourth-order valence-electron chi connectivity index (χ4n) is 1.06. The van der Waals surface area contributed by atoms with E-state index in [0.29, 0.717) is 24.2 Å². The van der Waals surface area contributed by atoms with Gasteiger partial charge in [-0.05, 0) is 18.1 Å². The molecule has 3 heteroatoms. The summed E-state index contributed by atoms with van der Waals surface area (Å²) < 4.78 is 4.98. The van der Waals surface area contributed by atoms with Gasteiger partial charge in [0, 0.05) is 12.2 Å². The first-order chi connectivity index (χ1) is 8.47. The molecule has 0 saturated heterocycles. The maximum atomic E-state index is 11.9. The molecule has 0 aliphatic heterocycles. The summed E-state index contributed by atoms with van der Waals surface area (Å²) in [7, 11) is 0. The molecule has 1 amide bonds. The first-order valence-corrected chi connectivity index (χ1v) is 5.40. The monoisotopic (exact) mass is 245 g/mol. The highest BCUT2D eigenvalue weighted by molar-refractivity contribution is 5.72. The second-order valence-electron chi connectivity index (χ2n) is 3.44. The number of nitrogens with zero attached hydrogens (tertiary/aromatic N) is 1. The molecular formula is C15H19NO2. The number of ether oxygens (including phenoxy) is 1. The van der Waals surface area contributed by atoms with Gasteiger partial charge in [0.05, 0.1) is 0 Å². The van der Waals surface area contributed by atoms with Gasteiger partial charge in [0.2, 0.25) is 0 Å². The standard InChI is InChI=1S/C15H19NO2/c1-7-10-11-16(14(6)12(4)8-2)15(17)18-13(5)9-3/h7-9H,1-6,10-11H2. The second-order valence-corrected chi connectivity index (χ2v) is 3.44. The lowest BCUT2D eigenvalue weighted by atomic mass is 10.2. The largest absolute Gasteiger partial charge is 0.419 e. The van der Waals surface area contributed by atoms with E-state index in [1.807, 2.05) is 0 Å². The summed E-state index contributed by atoms with van der Waals surface area (Å²) in [6, 6.07) is 0. The minimum absolute atomic E-state index is 0.181. The lowest BCUT2D eigenvalue weighted by Crippen LogP contribution is -2.31. The third-order valence-electron chi connectivity index (χ3n) is 2.17. The molecular weight excluding hydrogens is 226 g/mol. The quantitative estimate of drug-likeness (QED) is 0.368. The molecule has 0 rings (SSSR count). The zero-order chi connectivity index (χ0) is 14.1. The Hall–Kier alpha value is -2.29. The van der Waals surface area contributed by atoms with E-state index in [1.165, 1.54) is 17.1 Å². The Balaban J connectivity index is 4.91. The lowest BCUT2D eigenvalue weighted by molar-refractivity contribution is 0.146. The van der Waals surface area contributed by atoms with Crippen LogP contribution in [0.5, 0.6) is 0 Å². The molecule has 0 aromatic carbocycles. The van der Waals surface area contributed by atoms with Crippen molar-refractivity contribution in [1.29, 1.82) is 0 Å². The van der Waals surface area contributed by atoms with E-state index in [1.54, 1.807) is 6.08 Å². The van der Waals surface area contributed by atoms with E-state index >= 15 is 0 Å². The predicted octanol–water partition coefficient (Wildman–Crippen LogP) is 3.96. The predicted molar refractivity (Wildman–Crippen MR) is 75.8 cm³/mol. The van der Waals surface area contributed by atoms with Crippen LogP contribution in [0.4, 0.5) is 4.79 Å². The van der Waals surface area contributed by atoms with Gasteiger partial charge in [-0.15, -0.1) is 6.58 Å². The summed E-state index contributed by atoms with van der Waals surface area (Å²) in [4.78, 5) is 13.3. The van der Waals surface area contributed by atoms with Crippen LogP contribution in [0.1, 0.15) is 6.42 Å². The highest BCUT2D eigenvalue weighted by Crippen LogP contribution is 2.16. The summed E-state index contributed by atoms with van der Waals surface area (Å²) in [6.07, 6.45) is 4.62. The van der Waals surface area contributed by atoms with E-state index in [-0.39, 0.29) is 5.76 Å². The minimum Gasteiger partial charge on any atom is -0.411 e. The van der Waals surface area contributed by atoms with Crippen molar-refractivity contribution in [2.75, 3.05) is 6.54 Å². The molecule has 0 atom stereocenters. The van der Waals surface area contributed by atoms with Gasteiger partial charge in [-0.2, -0.15) is 0 Å². The molecule has 0 fully saturated rings. The third-order valence-corrected chi connectivity index (χ3v) is 2.17. The first-order valence-electron chi connectivity index (χ1n) is 5.40. The molecule has 0 aromatic rings. The molecule has 0 aliphatic rings. The Labute approximate surface area is 109 Å². The lowest BCUT2D eigenvalue weighted by Gasteiger charge is -2.23. The highest BCUT2D eigenvalue weighted by atomic mass is 16.6. The van der Waals surface area contributed by atoms with Gasteiger partial charge >= 0.3 is 6.09 Å². The SMILES string of the molecule is C=CCCN(C(=C)C(=C)C=C)C(=O)OC(=C)C=C. The minimum atomic E-state index is -0.574. The fourth-order valence-corrected chi connectivity index (χ4v) is 1.06. The molecule has 0 radical (unpaired) electrons. The Kier molecular flexibility index (Phi) is 6.89. The van der Waals surface area contributed by atoms with Crippen molar-refractivity contribution < 1.29 is 9.53 Å². The van der Waals surface area contributed by atoms with Gasteiger partial charge in [0.25, 0.3) is 0 Å². The Morgan fingerprint density at radius 2 is 1.72 bits per heavy atom. The fraction of sp³-hybridized carbons (Fsp3) is 0.133. The number of rotatable bonds is 8. The van der Waals surface area contributed by atoms with E-state index in [0.717, 1.165) is 0 Å². The van der Waals surface area contributed by atoms with Crippen LogP contribution < -0.4 is 0 Å². The van der Waals surface area contributed by atoms with E-state index in [4.69, 9.17) is 4.74 Å². The van der Waals surface area contributed by atoms with Crippen LogP contribution in [0.2, 0.25) is 0 Å². The topological polar surface area (TPSA) is 29.5 Å². The molecule has 0 aliphatic carbocycles. The summed E-state index contributed by atoms with van der Waals surface area (Å²) in [5.74, 6) is 0.181. The average molecular weight is 245 g/mol. The Bertz CT molecular complexity index is 405. The second kappa shape index (κ2) is 7.90. The normalized spacial score (nSPS) is 8.89. The molecule has 0 N–H and O–H groups in total. The Morgan fingerprint density at radius 3 is 2.17 bits per heavy atom.